The summed E-state index contributed by atoms with van der Waals surface area (Å²) in [6.45, 7) is -0.187. The van der Waals surface area contributed by atoms with Gasteiger partial charge in [0.25, 0.3) is 0 Å². The Bertz CT molecular complexity index is 996. The van der Waals surface area contributed by atoms with Crippen LogP contribution in [0.15, 0.2) is 62.6 Å². The number of halogens is 1. The van der Waals surface area contributed by atoms with Gasteiger partial charge in [0, 0.05) is 17.6 Å². The molecule has 3 aromatic rings. The van der Waals surface area contributed by atoms with Crippen molar-refractivity contribution in [3.05, 3.63) is 59.4 Å². The van der Waals surface area contributed by atoms with E-state index in [1.807, 2.05) is 0 Å². The predicted molar refractivity (Wildman–Crippen MR) is 95.3 cm³/mol. The predicted octanol–water partition coefficient (Wildman–Crippen LogP) is 3.00. The van der Waals surface area contributed by atoms with E-state index in [4.69, 9.17) is 25.3 Å². The van der Waals surface area contributed by atoms with E-state index in [1.54, 1.807) is 18.2 Å². The molecule has 0 atom stereocenters. The van der Waals surface area contributed by atoms with Gasteiger partial charge in [-0.05, 0) is 36.4 Å². The third kappa shape index (κ3) is 5.19. The molecule has 0 spiro atoms. The van der Waals surface area contributed by atoms with Crippen LogP contribution in [0.4, 0.5) is 0 Å². The second-order valence-corrected chi connectivity index (χ2v) is 7.63. The molecular weight excluding hydrogens is 396 g/mol. The van der Waals surface area contributed by atoms with Crippen molar-refractivity contribution in [2.45, 2.75) is 17.9 Å². The van der Waals surface area contributed by atoms with Gasteiger partial charge < -0.3 is 13.7 Å². The van der Waals surface area contributed by atoms with Crippen molar-refractivity contribution in [1.82, 2.24) is 9.88 Å². The molecule has 3 rings (SSSR count). The Hall–Kier alpha value is -2.62. The highest BCUT2D eigenvalue weighted by atomic mass is 35.5. The SMILES string of the molecule is O=C(CCNS(=O)(=O)c1ccc(Cl)cc1)OCc1cc(-c2ccco2)on1. The van der Waals surface area contributed by atoms with E-state index in [1.165, 1.54) is 30.5 Å². The highest BCUT2D eigenvalue weighted by Crippen LogP contribution is 2.20. The molecule has 0 aliphatic rings. The maximum Gasteiger partial charge on any atom is 0.307 e. The van der Waals surface area contributed by atoms with Gasteiger partial charge in [-0.25, -0.2) is 13.1 Å². The number of nitrogens with zero attached hydrogens (tertiary/aromatic N) is 1. The minimum atomic E-state index is -3.72. The Labute approximate surface area is 160 Å². The standard InChI is InChI=1S/C17H15ClN2O6S/c18-12-3-5-14(6-4-12)27(22,23)19-8-7-17(21)25-11-13-10-16(26-20-13)15-2-1-9-24-15/h1-6,9-10,19H,7-8,11H2. The molecule has 1 aromatic carbocycles. The van der Waals surface area contributed by atoms with Crippen LogP contribution in [0.5, 0.6) is 0 Å². The second-order valence-electron chi connectivity index (χ2n) is 5.42. The van der Waals surface area contributed by atoms with Gasteiger partial charge in [-0.3, -0.25) is 4.79 Å². The molecule has 0 aliphatic carbocycles. The zero-order valence-corrected chi connectivity index (χ0v) is 15.5. The number of benzene rings is 1. The topological polar surface area (TPSA) is 112 Å². The maximum absolute atomic E-state index is 12.1. The summed E-state index contributed by atoms with van der Waals surface area (Å²) in [4.78, 5) is 11.8. The van der Waals surface area contributed by atoms with Crippen LogP contribution in [0.25, 0.3) is 11.5 Å². The number of aromatic nitrogens is 1. The van der Waals surface area contributed by atoms with Crippen molar-refractivity contribution in [1.29, 1.82) is 0 Å². The lowest BCUT2D eigenvalue weighted by atomic mass is 10.3. The summed E-state index contributed by atoms with van der Waals surface area (Å²) in [7, 11) is -3.72. The van der Waals surface area contributed by atoms with Crippen molar-refractivity contribution < 1.29 is 26.9 Å². The van der Waals surface area contributed by atoms with Gasteiger partial charge >= 0.3 is 5.97 Å². The number of ether oxygens (including phenoxy) is 1. The molecule has 0 aliphatic heterocycles. The van der Waals surface area contributed by atoms with Crippen LogP contribution in [0.1, 0.15) is 12.1 Å². The van der Waals surface area contributed by atoms with Crippen LogP contribution in [0.2, 0.25) is 5.02 Å². The average molecular weight is 411 g/mol. The fourth-order valence-electron chi connectivity index (χ4n) is 2.13. The third-order valence-corrected chi connectivity index (χ3v) is 5.18. The van der Waals surface area contributed by atoms with Gasteiger partial charge in [0.1, 0.15) is 12.3 Å². The van der Waals surface area contributed by atoms with Crippen LogP contribution in [0, 0.1) is 0 Å². The largest absolute Gasteiger partial charge is 0.461 e. The van der Waals surface area contributed by atoms with E-state index >= 15 is 0 Å². The number of esters is 1. The first kappa shape index (κ1) is 19.2. The normalized spacial score (nSPS) is 11.4. The van der Waals surface area contributed by atoms with Gasteiger partial charge in [-0.2, -0.15) is 0 Å². The van der Waals surface area contributed by atoms with E-state index in [0.29, 0.717) is 22.2 Å². The van der Waals surface area contributed by atoms with Crippen LogP contribution in [-0.2, 0) is 26.2 Å². The summed E-state index contributed by atoms with van der Waals surface area (Å²) in [5, 5.41) is 4.21. The third-order valence-electron chi connectivity index (χ3n) is 3.45. The van der Waals surface area contributed by atoms with E-state index < -0.39 is 16.0 Å². The number of carbonyl (C=O) groups excluding carboxylic acids is 1. The second kappa shape index (κ2) is 8.38. The van der Waals surface area contributed by atoms with Gasteiger partial charge in [0.2, 0.25) is 15.8 Å². The molecule has 10 heteroatoms. The van der Waals surface area contributed by atoms with Gasteiger partial charge in [-0.15, -0.1) is 0 Å². The Kier molecular flexibility index (Phi) is 5.94. The van der Waals surface area contributed by atoms with E-state index in [9.17, 15) is 13.2 Å². The van der Waals surface area contributed by atoms with Crippen LogP contribution >= 0.6 is 11.6 Å². The minimum absolute atomic E-state index is 0.0633. The lowest BCUT2D eigenvalue weighted by molar-refractivity contribution is -0.144. The summed E-state index contributed by atoms with van der Waals surface area (Å²) >= 11 is 5.73. The lowest BCUT2D eigenvalue weighted by Gasteiger charge is -2.06. The zero-order valence-electron chi connectivity index (χ0n) is 13.9. The minimum Gasteiger partial charge on any atom is -0.461 e. The number of sulfonamides is 1. The summed E-state index contributed by atoms with van der Waals surface area (Å²) in [6.07, 6.45) is 1.37. The van der Waals surface area contributed by atoms with Gasteiger partial charge in [-0.1, -0.05) is 16.8 Å². The average Bonchev–Trinajstić information content (AvgIpc) is 3.32. The van der Waals surface area contributed by atoms with E-state index in [0.717, 1.165) is 0 Å². The number of rotatable bonds is 8. The molecule has 0 saturated heterocycles. The number of nitrogens with one attached hydrogen (secondary N) is 1. The van der Waals surface area contributed by atoms with Crippen molar-refractivity contribution in [3.63, 3.8) is 0 Å². The zero-order chi connectivity index (χ0) is 19.3. The van der Waals surface area contributed by atoms with Crippen LogP contribution < -0.4 is 4.72 Å². The molecule has 0 amide bonds. The molecule has 2 heterocycles. The molecule has 1 N–H and O–H groups in total. The molecule has 8 nitrogen and oxygen atoms in total. The van der Waals surface area contributed by atoms with Crippen LogP contribution in [0.3, 0.4) is 0 Å². The highest BCUT2D eigenvalue weighted by Gasteiger charge is 2.15. The number of carbonyl (C=O) groups is 1. The molecule has 142 valence electrons. The Morgan fingerprint density at radius 1 is 1.19 bits per heavy atom. The molecule has 0 radical (unpaired) electrons. The molecule has 0 fully saturated rings. The molecule has 2 aromatic heterocycles. The van der Waals surface area contributed by atoms with Crippen molar-refractivity contribution >= 4 is 27.6 Å². The number of hydrogen-bond donors (Lipinski definition) is 1. The summed E-state index contributed by atoms with van der Waals surface area (Å²) in [5.41, 5.74) is 0.413. The van der Waals surface area contributed by atoms with Crippen LogP contribution in [-0.4, -0.2) is 26.1 Å². The van der Waals surface area contributed by atoms with Crippen molar-refractivity contribution in [2.24, 2.45) is 0 Å². The monoisotopic (exact) mass is 410 g/mol. The lowest BCUT2D eigenvalue weighted by Crippen LogP contribution is -2.26. The molecule has 27 heavy (non-hydrogen) atoms. The molecule has 0 unspecified atom stereocenters. The molecule has 0 bridgehead atoms. The highest BCUT2D eigenvalue weighted by molar-refractivity contribution is 7.89. The van der Waals surface area contributed by atoms with Crippen molar-refractivity contribution in [2.75, 3.05) is 6.54 Å². The van der Waals surface area contributed by atoms with Gasteiger partial charge in [0.15, 0.2) is 5.76 Å². The maximum atomic E-state index is 12.1. The summed E-state index contributed by atoms with van der Waals surface area (Å²) < 4.78 is 41.8. The van der Waals surface area contributed by atoms with Crippen molar-refractivity contribution in [3.8, 4) is 11.5 Å². The quantitative estimate of drug-likeness (QED) is 0.568. The number of hydrogen-bond acceptors (Lipinski definition) is 7. The molecule has 0 saturated carbocycles. The fourth-order valence-corrected chi connectivity index (χ4v) is 3.28. The van der Waals surface area contributed by atoms with E-state index in [2.05, 4.69) is 9.88 Å². The summed E-state index contributed by atoms with van der Waals surface area (Å²) in [6, 6.07) is 10.7. The Balaban J connectivity index is 1.44. The Morgan fingerprint density at radius 2 is 1.96 bits per heavy atom. The first-order chi connectivity index (χ1) is 12.9. The van der Waals surface area contributed by atoms with Gasteiger partial charge in [0.05, 0.1) is 17.6 Å². The Morgan fingerprint density at radius 3 is 2.67 bits per heavy atom. The van der Waals surface area contributed by atoms with E-state index in [-0.39, 0.29) is 24.5 Å². The smallest absolute Gasteiger partial charge is 0.307 e. The first-order valence-electron chi connectivity index (χ1n) is 7.84. The fraction of sp³-hybridized carbons (Fsp3) is 0.176. The first-order valence-corrected chi connectivity index (χ1v) is 9.70. The number of furan rings is 1. The summed E-state index contributed by atoms with van der Waals surface area (Å²) in [5.74, 6) is 0.356. The molecular formula is C17H15ClN2O6S.